The third kappa shape index (κ3) is 7.57. The fourth-order valence-corrected chi connectivity index (χ4v) is 5.54. The van der Waals surface area contributed by atoms with Crippen molar-refractivity contribution in [2.24, 2.45) is 22.9 Å². The fourth-order valence-electron chi connectivity index (χ4n) is 5.22. The normalized spacial score (nSPS) is 27.2. The molecule has 1 aromatic rings. The minimum Gasteiger partial charge on any atom is -0.460 e. The maximum Gasteiger partial charge on any atom is 0.408 e. The first-order valence-corrected chi connectivity index (χ1v) is 14.1. The van der Waals surface area contributed by atoms with Crippen LogP contribution in [0, 0.1) is 23.3 Å². The second-order valence-corrected chi connectivity index (χ2v) is 14.2. The van der Waals surface area contributed by atoms with Crippen LogP contribution in [0.3, 0.4) is 0 Å². The lowest BCUT2D eigenvalue weighted by Crippen LogP contribution is -2.66. The molecule has 2 aliphatic rings. The van der Waals surface area contributed by atoms with Gasteiger partial charge in [-0.05, 0) is 80.0 Å². The lowest BCUT2D eigenvalue weighted by molar-refractivity contribution is -0.174. The fraction of sp³-hybridized carbons (Fsp3) is 0.679. The lowest BCUT2D eigenvalue weighted by atomic mass is 9.85. The number of rotatable bonds is 7. The SMILES string of the molecule is CC(C)(C)OC(=O)N[C@]1(C(=O)OC(C)(C)C)[C@@H]2[C@@H](C(=O)OC(C)(C)C)[C@@H]2[C@H](N=[N+]=N)[C@H]1OCc1ccc(Cl)c(Cl)c1. The van der Waals surface area contributed by atoms with Crippen LogP contribution in [0.5, 0.6) is 0 Å². The average molecular weight is 615 g/mol. The summed E-state index contributed by atoms with van der Waals surface area (Å²) in [7, 11) is 0. The number of fused-ring (bicyclic) bond motifs is 1. The van der Waals surface area contributed by atoms with E-state index in [1.165, 1.54) is 0 Å². The average Bonchev–Trinajstić information content (AvgIpc) is 3.46. The molecule has 0 unspecified atom stereocenters. The molecular weight excluding hydrogens is 575 g/mol. The van der Waals surface area contributed by atoms with Crippen molar-refractivity contribution < 1.29 is 33.3 Å². The van der Waals surface area contributed by atoms with Gasteiger partial charge in [0.1, 0.15) is 33.6 Å². The molecule has 0 radical (unpaired) electrons. The van der Waals surface area contributed by atoms with E-state index in [0.29, 0.717) is 15.6 Å². The summed E-state index contributed by atoms with van der Waals surface area (Å²) in [6.45, 7) is 15.2. The van der Waals surface area contributed by atoms with Crippen LogP contribution in [0.15, 0.2) is 23.3 Å². The highest BCUT2D eigenvalue weighted by Crippen LogP contribution is 2.65. The van der Waals surface area contributed by atoms with Gasteiger partial charge in [0, 0.05) is 11.8 Å². The molecule has 226 valence electrons. The van der Waals surface area contributed by atoms with E-state index in [4.69, 9.17) is 47.7 Å². The molecule has 41 heavy (non-hydrogen) atoms. The molecule has 3 rings (SSSR count). The predicted molar refractivity (Wildman–Crippen MR) is 150 cm³/mol. The molecule has 2 saturated carbocycles. The number of hydrogen-bond donors (Lipinski definition) is 2. The largest absolute Gasteiger partial charge is 0.460 e. The third-order valence-electron chi connectivity index (χ3n) is 6.48. The molecule has 2 N–H and O–H groups in total. The quantitative estimate of drug-likeness (QED) is 0.175. The molecule has 0 aromatic heterocycles. The summed E-state index contributed by atoms with van der Waals surface area (Å²) in [5.74, 6) is -3.73. The van der Waals surface area contributed by atoms with Crippen LogP contribution in [0.1, 0.15) is 67.9 Å². The van der Waals surface area contributed by atoms with Crippen molar-refractivity contribution in [3.8, 4) is 0 Å². The molecular formula is C28H39Cl2N4O7+. The van der Waals surface area contributed by atoms with Gasteiger partial charge < -0.3 is 24.3 Å². The van der Waals surface area contributed by atoms with Crippen LogP contribution in [0.2, 0.25) is 10.0 Å². The Hall–Kier alpha value is -2.72. The van der Waals surface area contributed by atoms with Gasteiger partial charge in [-0.1, -0.05) is 29.3 Å². The summed E-state index contributed by atoms with van der Waals surface area (Å²) in [4.78, 5) is 44.0. The van der Waals surface area contributed by atoms with Gasteiger partial charge >= 0.3 is 18.0 Å². The summed E-state index contributed by atoms with van der Waals surface area (Å²) >= 11 is 12.2. The maximum atomic E-state index is 14.2. The van der Waals surface area contributed by atoms with Crippen LogP contribution in [-0.2, 0) is 35.1 Å². The molecule has 1 aromatic carbocycles. The van der Waals surface area contributed by atoms with Gasteiger partial charge in [0.2, 0.25) is 4.91 Å². The Morgan fingerprint density at radius 1 is 0.951 bits per heavy atom. The number of alkyl carbamates (subject to hydrolysis) is 1. The van der Waals surface area contributed by atoms with Crippen molar-refractivity contribution in [1.82, 2.24) is 10.2 Å². The molecule has 11 nitrogen and oxygen atoms in total. The summed E-state index contributed by atoms with van der Waals surface area (Å²) in [5.41, 5.74) is 3.52. The molecule has 13 heteroatoms. The third-order valence-corrected chi connectivity index (χ3v) is 7.22. The lowest BCUT2D eigenvalue weighted by Gasteiger charge is -2.39. The van der Waals surface area contributed by atoms with Crippen molar-refractivity contribution >= 4 is 41.2 Å². The number of amides is 1. The van der Waals surface area contributed by atoms with E-state index in [-0.39, 0.29) is 6.61 Å². The van der Waals surface area contributed by atoms with Gasteiger partial charge in [0.05, 0.1) is 22.6 Å². The Kier molecular flexibility index (Phi) is 9.21. The number of carbonyl (C=O) groups is 3. The highest BCUT2D eigenvalue weighted by Gasteiger charge is 2.83. The van der Waals surface area contributed by atoms with E-state index in [1.54, 1.807) is 80.5 Å². The van der Waals surface area contributed by atoms with Crippen LogP contribution >= 0.6 is 23.2 Å². The highest BCUT2D eigenvalue weighted by molar-refractivity contribution is 6.42. The van der Waals surface area contributed by atoms with E-state index in [0.717, 1.165) is 0 Å². The van der Waals surface area contributed by atoms with Crippen molar-refractivity contribution in [1.29, 1.82) is 5.53 Å². The zero-order valence-electron chi connectivity index (χ0n) is 24.8. The van der Waals surface area contributed by atoms with Crippen molar-refractivity contribution in [2.45, 2.75) is 103 Å². The van der Waals surface area contributed by atoms with Gasteiger partial charge in [-0.25, -0.2) is 9.59 Å². The highest BCUT2D eigenvalue weighted by atomic mass is 35.5. The van der Waals surface area contributed by atoms with E-state index >= 15 is 0 Å². The Bertz CT molecular complexity index is 1250. The van der Waals surface area contributed by atoms with Crippen molar-refractivity contribution in [2.75, 3.05) is 0 Å². The van der Waals surface area contributed by atoms with Gasteiger partial charge in [-0.15, -0.1) is 0 Å². The van der Waals surface area contributed by atoms with Crippen LogP contribution in [0.25, 0.3) is 0 Å². The zero-order chi connectivity index (χ0) is 31.1. The second-order valence-electron chi connectivity index (χ2n) is 13.3. The molecule has 0 bridgehead atoms. The van der Waals surface area contributed by atoms with Crippen molar-refractivity contribution in [3.63, 3.8) is 0 Å². The zero-order valence-corrected chi connectivity index (χ0v) is 26.3. The van der Waals surface area contributed by atoms with Crippen LogP contribution < -0.4 is 10.2 Å². The Morgan fingerprint density at radius 3 is 2.05 bits per heavy atom. The summed E-state index contributed by atoms with van der Waals surface area (Å²) < 4.78 is 23.3. The van der Waals surface area contributed by atoms with Gasteiger partial charge in [-0.2, -0.15) is 0 Å². The summed E-state index contributed by atoms with van der Waals surface area (Å²) in [6.07, 6.45) is -2.11. The smallest absolute Gasteiger partial charge is 0.408 e. The number of esters is 2. The van der Waals surface area contributed by atoms with E-state index in [9.17, 15) is 14.4 Å². The number of nitrogens with one attached hydrogen (secondary N) is 2. The maximum absolute atomic E-state index is 14.2. The summed E-state index contributed by atoms with van der Waals surface area (Å²) in [5, 5.41) is 7.46. The van der Waals surface area contributed by atoms with Crippen molar-refractivity contribution in [3.05, 3.63) is 33.8 Å². The Balaban J connectivity index is 2.14. The van der Waals surface area contributed by atoms with E-state index < -0.39 is 70.3 Å². The number of nitrogens with zero attached hydrogens (tertiary/aromatic N) is 2. The molecule has 2 aliphatic carbocycles. The molecule has 6 atom stereocenters. The number of halogens is 2. The number of benzene rings is 1. The van der Waals surface area contributed by atoms with Gasteiger partial charge in [0.25, 0.3) is 0 Å². The summed E-state index contributed by atoms with van der Waals surface area (Å²) in [6, 6.07) is 3.94. The number of carbonyl (C=O) groups excluding carboxylic acids is 3. The Morgan fingerprint density at radius 2 is 1.54 bits per heavy atom. The topological polar surface area (TPSA) is 150 Å². The number of hydrogen-bond acceptors (Lipinski definition) is 9. The van der Waals surface area contributed by atoms with Crippen LogP contribution in [-0.4, -0.2) is 52.5 Å². The molecule has 0 heterocycles. The van der Waals surface area contributed by atoms with E-state index in [2.05, 4.69) is 15.3 Å². The molecule has 0 spiro atoms. The Labute approximate surface area is 250 Å². The molecule has 0 aliphatic heterocycles. The predicted octanol–water partition coefficient (Wildman–Crippen LogP) is 5.62. The first kappa shape index (κ1) is 32.8. The van der Waals surface area contributed by atoms with Gasteiger partial charge in [-0.3, -0.25) is 4.79 Å². The van der Waals surface area contributed by atoms with Gasteiger partial charge in [0.15, 0.2) is 11.6 Å². The molecule has 1 amide bonds. The first-order valence-electron chi connectivity index (χ1n) is 13.3. The minimum absolute atomic E-state index is 0.0668. The minimum atomic E-state index is -1.93. The second kappa shape index (κ2) is 11.5. The van der Waals surface area contributed by atoms with E-state index in [1.807, 2.05) is 0 Å². The standard InChI is InChI=1S/C28H38Cl2N4O7/c1-25(2,3)39-22(35)18-17-19(18)28(23(36)40-26(4,5)6,32-24(37)41-27(7,8)9)21(20(17)33-34-31)38-13-14-10-11-15(29)16(30)12-14/h10-12,17-21,31H,13H2,1-9H3/p+1/t17-,18-,19-,20-,21+,28+/m0/s1. The molecule has 0 saturated heterocycles. The monoisotopic (exact) mass is 613 g/mol. The molecule has 2 fully saturated rings. The number of ether oxygens (including phenoxy) is 4. The first-order chi connectivity index (χ1) is 18.7. The van der Waals surface area contributed by atoms with Crippen LogP contribution in [0.4, 0.5) is 4.79 Å².